The lowest BCUT2D eigenvalue weighted by Gasteiger charge is -2.26. The van der Waals surface area contributed by atoms with Crippen molar-refractivity contribution >= 4 is 43.3 Å². The second-order valence-corrected chi connectivity index (χ2v) is 10.9. The van der Waals surface area contributed by atoms with Crippen LogP contribution < -0.4 is 10.1 Å². The van der Waals surface area contributed by atoms with Crippen LogP contribution in [0.5, 0.6) is 5.75 Å². The molecule has 0 atom stereocenters. The normalized spacial score (nSPS) is 14.8. The Morgan fingerprint density at radius 3 is 2.57 bits per heavy atom. The molecule has 1 aliphatic heterocycles. The lowest BCUT2D eigenvalue weighted by atomic mass is 10.2. The summed E-state index contributed by atoms with van der Waals surface area (Å²) in [6.45, 7) is 3.19. The third-order valence-electron chi connectivity index (χ3n) is 5.56. The molecule has 1 saturated heterocycles. The van der Waals surface area contributed by atoms with Crippen LogP contribution in [-0.2, 0) is 14.8 Å². The van der Waals surface area contributed by atoms with Gasteiger partial charge in [-0.05, 0) is 43.3 Å². The van der Waals surface area contributed by atoms with Crippen LogP contribution in [0.25, 0.3) is 15.3 Å². The van der Waals surface area contributed by atoms with Gasteiger partial charge in [-0.2, -0.15) is 14.1 Å². The fourth-order valence-corrected chi connectivity index (χ4v) is 6.07. The van der Waals surface area contributed by atoms with Gasteiger partial charge in [0.15, 0.2) is 0 Å². The summed E-state index contributed by atoms with van der Waals surface area (Å²) in [6.07, 6.45) is 0. The van der Waals surface area contributed by atoms with Crippen LogP contribution in [0.3, 0.4) is 0 Å². The molecule has 0 aliphatic carbocycles. The van der Waals surface area contributed by atoms with Crippen LogP contribution in [0.2, 0.25) is 0 Å². The van der Waals surface area contributed by atoms with Crippen LogP contribution in [0, 0.1) is 6.92 Å². The van der Waals surface area contributed by atoms with Gasteiger partial charge >= 0.3 is 0 Å². The Hall–Kier alpha value is -3.32. The van der Waals surface area contributed by atoms with Gasteiger partial charge in [0.05, 0.1) is 41.1 Å². The number of aromatic nitrogens is 3. The van der Waals surface area contributed by atoms with E-state index in [-0.39, 0.29) is 10.8 Å². The molecule has 1 N–H and O–H groups in total. The predicted molar refractivity (Wildman–Crippen MR) is 132 cm³/mol. The zero-order valence-corrected chi connectivity index (χ0v) is 20.7. The summed E-state index contributed by atoms with van der Waals surface area (Å²) in [5, 5.41) is 7.95. The molecule has 4 aromatic rings. The summed E-state index contributed by atoms with van der Waals surface area (Å²) < 4.78 is 40.1. The summed E-state index contributed by atoms with van der Waals surface area (Å²) in [5.74, 6) is 0.784. The largest absolute Gasteiger partial charge is 0.497 e. The maximum Gasteiger partial charge on any atom is 0.256 e. The van der Waals surface area contributed by atoms with Gasteiger partial charge in [-0.15, -0.1) is 0 Å². The van der Waals surface area contributed by atoms with E-state index in [1.54, 1.807) is 17.9 Å². The first-order valence-corrected chi connectivity index (χ1v) is 13.1. The van der Waals surface area contributed by atoms with Gasteiger partial charge in [-0.1, -0.05) is 11.3 Å². The number of rotatable bonds is 6. The van der Waals surface area contributed by atoms with Gasteiger partial charge in [0, 0.05) is 30.8 Å². The Morgan fingerprint density at radius 2 is 1.86 bits per heavy atom. The molecular weight excluding hydrogens is 490 g/mol. The molecule has 0 unspecified atom stereocenters. The summed E-state index contributed by atoms with van der Waals surface area (Å²) >= 11 is 1.44. The molecule has 12 heteroatoms. The van der Waals surface area contributed by atoms with Crippen LogP contribution in [0.1, 0.15) is 16.1 Å². The molecule has 2 aromatic heterocycles. The number of anilines is 1. The number of carbonyl (C=O) groups is 1. The highest BCUT2D eigenvalue weighted by Gasteiger charge is 2.26. The van der Waals surface area contributed by atoms with Crippen molar-refractivity contribution in [3.8, 4) is 10.9 Å². The number of hydrogen-bond acceptors (Lipinski definition) is 8. The highest BCUT2D eigenvalue weighted by Crippen LogP contribution is 2.30. The quantitative estimate of drug-likeness (QED) is 0.421. The molecule has 1 fully saturated rings. The van der Waals surface area contributed by atoms with Gasteiger partial charge in [-0.25, -0.2) is 13.4 Å². The molecule has 3 heterocycles. The minimum absolute atomic E-state index is 0.141. The molecule has 1 aliphatic rings. The highest BCUT2D eigenvalue weighted by atomic mass is 32.2. The topological polar surface area (TPSA) is 116 Å². The summed E-state index contributed by atoms with van der Waals surface area (Å²) in [7, 11) is -2.03. The van der Waals surface area contributed by atoms with Crippen molar-refractivity contribution in [3.63, 3.8) is 0 Å². The van der Waals surface area contributed by atoms with Crippen LogP contribution in [-0.4, -0.2) is 66.8 Å². The number of methoxy groups -OCH3 is 1. The van der Waals surface area contributed by atoms with E-state index in [4.69, 9.17) is 9.47 Å². The van der Waals surface area contributed by atoms with E-state index in [1.807, 2.05) is 25.1 Å². The number of benzene rings is 2. The van der Waals surface area contributed by atoms with Gasteiger partial charge in [0.25, 0.3) is 5.91 Å². The average Bonchev–Trinajstić information content (AvgIpc) is 3.46. The van der Waals surface area contributed by atoms with Crippen molar-refractivity contribution in [2.45, 2.75) is 11.8 Å². The molecule has 35 heavy (non-hydrogen) atoms. The molecule has 0 radical (unpaired) electrons. The van der Waals surface area contributed by atoms with Crippen molar-refractivity contribution in [1.82, 2.24) is 19.1 Å². The predicted octanol–water partition coefficient (Wildman–Crippen LogP) is 3.07. The number of thiazole rings is 1. The number of carbonyl (C=O) groups excluding carboxylic acids is 1. The SMILES string of the molecule is COc1ccc2sc(-n3nc(C)cc3NC(=O)c3ccc(S(=O)(=O)N4CCOCC4)cc3)nc2c1. The first-order chi connectivity index (χ1) is 16.8. The Balaban J connectivity index is 1.37. The Kier molecular flexibility index (Phi) is 6.28. The van der Waals surface area contributed by atoms with Crippen LogP contribution >= 0.6 is 11.3 Å². The fraction of sp³-hybridized carbons (Fsp3) is 0.261. The van der Waals surface area contributed by atoms with Crippen LogP contribution in [0.15, 0.2) is 53.4 Å². The number of hydrogen-bond donors (Lipinski definition) is 1. The highest BCUT2D eigenvalue weighted by molar-refractivity contribution is 7.89. The second-order valence-electron chi connectivity index (χ2n) is 7.91. The zero-order valence-electron chi connectivity index (χ0n) is 19.1. The van der Waals surface area contributed by atoms with Crippen molar-refractivity contribution in [3.05, 3.63) is 59.8 Å². The first kappa shape index (κ1) is 23.4. The molecular formula is C23H23N5O5S2. The maximum atomic E-state index is 13.0. The summed E-state index contributed by atoms with van der Waals surface area (Å²) in [6, 6.07) is 13.3. The number of amides is 1. The summed E-state index contributed by atoms with van der Waals surface area (Å²) in [4.78, 5) is 17.7. The third-order valence-corrected chi connectivity index (χ3v) is 8.49. The molecule has 0 saturated carbocycles. The molecule has 182 valence electrons. The number of ether oxygens (including phenoxy) is 2. The number of nitrogens with one attached hydrogen (secondary N) is 1. The van der Waals surface area contributed by atoms with E-state index in [1.165, 1.54) is 39.9 Å². The molecule has 1 amide bonds. The minimum Gasteiger partial charge on any atom is -0.497 e. The standard InChI is InChI=1S/C23H23N5O5S2/c1-15-13-21(28(26-15)23-24-19-14-17(32-2)5-8-20(19)34-23)25-22(29)16-3-6-18(7-4-16)35(30,31)27-9-11-33-12-10-27/h3-8,13-14H,9-12H2,1-2H3,(H,25,29). The van der Waals surface area contributed by atoms with E-state index in [2.05, 4.69) is 15.4 Å². The van der Waals surface area contributed by atoms with E-state index < -0.39 is 10.0 Å². The van der Waals surface area contributed by atoms with E-state index in [0.29, 0.717) is 54.3 Å². The third kappa shape index (κ3) is 4.65. The fourth-order valence-electron chi connectivity index (χ4n) is 3.75. The summed E-state index contributed by atoms with van der Waals surface area (Å²) in [5.41, 5.74) is 1.81. The van der Waals surface area contributed by atoms with Gasteiger partial charge < -0.3 is 14.8 Å². The van der Waals surface area contributed by atoms with Crippen LogP contribution in [0.4, 0.5) is 5.82 Å². The lowest BCUT2D eigenvalue weighted by Crippen LogP contribution is -2.40. The van der Waals surface area contributed by atoms with E-state index >= 15 is 0 Å². The van der Waals surface area contributed by atoms with E-state index in [0.717, 1.165) is 10.2 Å². The maximum absolute atomic E-state index is 13.0. The Labute approximate surface area is 206 Å². The van der Waals surface area contributed by atoms with Gasteiger partial charge in [0.1, 0.15) is 11.6 Å². The minimum atomic E-state index is -3.63. The molecule has 10 nitrogen and oxygen atoms in total. The lowest BCUT2D eigenvalue weighted by molar-refractivity contribution is 0.0730. The Morgan fingerprint density at radius 1 is 1.11 bits per heavy atom. The number of nitrogens with zero attached hydrogens (tertiary/aromatic N) is 4. The second kappa shape index (κ2) is 9.38. The number of morpholine rings is 1. The molecule has 0 spiro atoms. The van der Waals surface area contributed by atoms with Crippen molar-refractivity contribution < 1.29 is 22.7 Å². The first-order valence-electron chi connectivity index (χ1n) is 10.9. The molecule has 0 bridgehead atoms. The Bertz CT molecular complexity index is 1490. The number of aryl methyl sites for hydroxylation is 1. The molecule has 2 aromatic carbocycles. The number of sulfonamides is 1. The van der Waals surface area contributed by atoms with Crippen molar-refractivity contribution in [2.75, 3.05) is 38.7 Å². The van der Waals surface area contributed by atoms with E-state index in [9.17, 15) is 13.2 Å². The number of fused-ring (bicyclic) bond motifs is 1. The average molecular weight is 514 g/mol. The monoisotopic (exact) mass is 513 g/mol. The smallest absolute Gasteiger partial charge is 0.256 e. The van der Waals surface area contributed by atoms with Crippen molar-refractivity contribution in [1.29, 1.82) is 0 Å². The zero-order chi connectivity index (χ0) is 24.6. The van der Waals surface area contributed by atoms with Crippen molar-refractivity contribution in [2.24, 2.45) is 0 Å². The van der Waals surface area contributed by atoms with Gasteiger partial charge in [-0.3, -0.25) is 4.79 Å². The molecule has 5 rings (SSSR count). The van der Waals surface area contributed by atoms with Gasteiger partial charge in [0.2, 0.25) is 15.2 Å².